The molecule has 4 nitrogen and oxygen atoms in total. The first-order chi connectivity index (χ1) is 30.2. The highest BCUT2D eigenvalue weighted by atomic mass is 15.0. The topological polar surface area (TPSA) is 43.6 Å². The molecule has 4 heteroatoms. The Labute approximate surface area is 352 Å². The molecule has 61 heavy (non-hydrogen) atoms. The van der Waals surface area contributed by atoms with Gasteiger partial charge in [0, 0.05) is 33.0 Å². The van der Waals surface area contributed by atoms with E-state index < -0.39 is 0 Å². The van der Waals surface area contributed by atoms with Gasteiger partial charge >= 0.3 is 0 Å². The van der Waals surface area contributed by atoms with Gasteiger partial charge in [0.2, 0.25) is 0 Å². The van der Waals surface area contributed by atoms with Gasteiger partial charge in [-0.1, -0.05) is 176 Å². The minimum absolute atomic E-state index is 0.610. The van der Waals surface area contributed by atoms with Crippen LogP contribution in [-0.4, -0.2) is 19.5 Å². The van der Waals surface area contributed by atoms with Crippen molar-refractivity contribution in [2.75, 3.05) is 0 Å². The van der Waals surface area contributed by atoms with E-state index in [2.05, 4.69) is 205 Å². The molecule has 0 aliphatic heterocycles. The summed E-state index contributed by atoms with van der Waals surface area (Å²) in [6.07, 6.45) is 0. The highest BCUT2D eigenvalue weighted by Gasteiger charge is 2.23. The van der Waals surface area contributed by atoms with Gasteiger partial charge < -0.3 is 4.57 Å². The van der Waals surface area contributed by atoms with Crippen molar-refractivity contribution in [3.05, 3.63) is 218 Å². The molecular formula is C57H36N4. The Kier molecular flexibility index (Phi) is 8.13. The normalized spacial score (nSPS) is 11.6. The Morgan fingerprint density at radius 2 is 0.689 bits per heavy atom. The van der Waals surface area contributed by atoms with E-state index in [1.54, 1.807) is 0 Å². The van der Waals surface area contributed by atoms with Crippen LogP contribution in [0.5, 0.6) is 0 Å². The number of nitrogens with zero attached hydrogens (tertiary/aromatic N) is 4. The molecule has 0 saturated heterocycles. The maximum Gasteiger partial charge on any atom is 0.164 e. The summed E-state index contributed by atoms with van der Waals surface area (Å²) in [4.78, 5) is 15.8. The Hall–Kier alpha value is -8.21. The third kappa shape index (κ3) is 6.04. The average molecular weight is 777 g/mol. The lowest BCUT2D eigenvalue weighted by atomic mass is 9.92. The van der Waals surface area contributed by atoms with E-state index >= 15 is 0 Å². The summed E-state index contributed by atoms with van der Waals surface area (Å²) in [6, 6.07) is 77.8. The highest BCUT2D eigenvalue weighted by Crippen LogP contribution is 2.44. The average Bonchev–Trinajstić information content (AvgIpc) is 3.64. The number of benzene rings is 10. The number of rotatable bonds is 6. The zero-order valence-corrected chi connectivity index (χ0v) is 33.1. The van der Waals surface area contributed by atoms with Crippen LogP contribution in [0.2, 0.25) is 0 Å². The molecule has 0 bridgehead atoms. The summed E-state index contributed by atoms with van der Waals surface area (Å²) < 4.78 is 2.48. The standard InChI is InChI=1S/C57H36N4/c1-4-17-38(18-5-1)47-36-54(61-52-33-44-26-14-12-24-42(44)31-49(52)50-32-43-25-13-15-27-45(43)34-53(50)61)48(39-19-6-2-7-20-39)35-51(47)57-59-55(40-21-8-3-9-22-40)58-56(60-57)46-29-28-37-16-10-11-23-41(37)30-46/h1-36H. The number of hydrogen-bond donors (Lipinski definition) is 0. The van der Waals surface area contributed by atoms with Crippen LogP contribution in [0, 0.1) is 0 Å². The summed E-state index contributed by atoms with van der Waals surface area (Å²) in [6.45, 7) is 0. The fraction of sp³-hybridized carbons (Fsp3) is 0. The monoisotopic (exact) mass is 776 g/mol. The Balaban J connectivity index is 1.20. The van der Waals surface area contributed by atoms with Gasteiger partial charge in [0.15, 0.2) is 17.5 Å². The molecule has 12 rings (SSSR count). The fourth-order valence-corrected chi connectivity index (χ4v) is 8.98. The molecule has 284 valence electrons. The molecule has 0 aliphatic carbocycles. The second kappa shape index (κ2) is 14.3. The van der Waals surface area contributed by atoms with E-state index in [0.29, 0.717) is 17.5 Å². The summed E-state index contributed by atoms with van der Waals surface area (Å²) in [5, 5.41) is 9.57. The maximum atomic E-state index is 5.36. The van der Waals surface area contributed by atoms with Crippen LogP contribution in [0.15, 0.2) is 218 Å². The molecule has 0 spiro atoms. The Morgan fingerprint density at radius 3 is 1.25 bits per heavy atom. The van der Waals surface area contributed by atoms with Crippen LogP contribution in [0.4, 0.5) is 0 Å². The third-order valence-corrected chi connectivity index (χ3v) is 12.0. The van der Waals surface area contributed by atoms with Crippen LogP contribution in [0.1, 0.15) is 0 Å². The van der Waals surface area contributed by atoms with Crippen molar-refractivity contribution in [1.29, 1.82) is 0 Å². The molecule has 0 atom stereocenters. The third-order valence-electron chi connectivity index (χ3n) is 12.0. The number of aromatic nitrogens is 4. The predicted molar refractivity (Wildman–Crippen MR) is 254 cm³/mol. The van der Waals surface area contributed by atoms with Crippen molar-refractivity contribution in [1.82, 2.24) is 19.5 Å². The predicted octanol–water partition coefficient (Wildman–Crippen LogP) is 14.8. The summed E-state index contributed by atoms with van der Waals surface area (Å²) in [5.74, 6) is 1.86. The van der Waals surface area contributed by atoms with Crippen LogP contribution < -0.4 is 0 Å². The van der Waals surface area contributed by atoms with Crippen molar-refractivity contribution in [2.24, 2.45) is 0 Å². The van der Waals surface area contributed by atoms with Gasteiger partial charge in [-0.15, -0.1) is 0 Å². The molecule has 2 heterocycles. The van der Waals surface area contributed by atoms with Crippen molar-refractivity contribution >= 4 is 54.1 Å². The molecule has 0 fully saturated rings. The second-order valence-electron chi connectivity index (χ2n) is 15.6. The largest absolute Gasteiger partial charge is 0.309 e. The molecule has 0 saturated carbocycles. The quantitative estimate of drug-likeness (QED) is 0.169. The molecule has 0 amide bonds. The summed E-state index contributed by atoms with van der Waals surface area (Å²) >= 11 is 0. The van der Waals surface area contributed by atoms with Crippen LogP contribution in [0.25, 0.3) is 116 Å². The van der Waals surface area contributed by atoms with Crippen molar-refractivity contribution in [2.45, 2.75) is 0 Å². The lowest BCUT2D eigenvalue weighted by Crippen LogP contribution is -2.04. The second-order valence-corrected chi connectivity index (χ2v) is 15.6. The van der Waals surface area contributed by atoms with E-state index in [4.69, 9.17) is 15.0 Å². The lowest BCUT2D eigenvalue weighted by Gasteiger charge is -2.20. The molecule has 0 N–H and O–H groups in total. The van der Waals surface area contributed by atoms with E-state index in [1.807, 2.05) is 18.2 Å². The van der Waals surface area contributed by atoms with Crippen LogP contribution in [0.3, 0.4) is 0 Å². The first-order valence-electron chi connectivity index (χ1n) is 20.7. The van der Waals surface area contributed by atoms with E-state index in [0.717, 1.165) is 61.1 Å². The first-order valence-corrected chi connectivity index (χ1v) is 20.7. The zero-order valence-electron chi connectivity index (χ0n) is 33.1. The molecule has 0 aliphatic rings. The molecule has 12 aromatic rings. The van der Waals surface area contributed by atoms with Crippen molar-refractivity contribution in [3.8, 4) is 62.1 Å². The van der Waals surface area contributed by atoms with Gasteiger partial charge in [0.25, 0.3) is 0 Å². The first kappa shape index (κ1) is 34.8. The van der Waals surface area contributed by atoms with Gasteiger partial charge in [-0.3, -0.25) is 0 Å². The fourth-order valence-electron chi connectivity index (χ4n) is 8.98. The van der Waals surface area contributed by atoms with Gasteiger partial charge in [-0.2, -0.15) is 0 Å². The smallest absolute Gasteiger partial charge is 0.164 e. The summed E-state index contributed by atoms with van der Waals surface area (Å²) in [7, 11) is 0. The van der Waals surface area contributed by atoms with Crippen molar-refractivity contribution < 1.29 is 0 Å². The Morgan fingerprint density at radius 1 is 0.262 bits per heavy atom. The lowest BCUT2D eigenvalue weighted by molar-refractivity contribution is 1.07. The van der Waals surface area contributed by atoms with Gasteiger partial charge in [0.05, 0.1) is 16.7 Å². The molecule has 10 aromatic carbocycles. The van der Waals surface area contributed by atoms with Crippen molar-refractivity contribution in [3.63, 3.8) is 0 Å². The van der Waals surface area contributed by atoms with Gasteiger partial charge in [0.1, 0.15) is 0 Å². The molecule has 2 aromatic heterocycles. The zero-order chi connectivity index (χ0) is 40.3. The van der Waals surface area contributed by atoms with Gasteiger partial charge in [-0.25, -0.2) is 15.0 Å². The van der Waals surface area contributed by atoms with Crippen LogP contribution >= 0.6 is 0 Å². The molecule has 0 unspecified atom stereocenters. The minimum atomic E-state index is 0.610. The van der Waals surface area contributed by atoms with Crippen LogP contribution in [-0.2, 0) is 0 Å². The van der Waals surface area contributed by atoms with E-state index in [-0.39, 0.29) is 0 Å². The highest BCUT2D eigenvalue weighted by molar-refractivity contribution is 6.17. The molecule has 0 radical (unpaired) electrons. The number of fused-ring (bicyclic) bond motifs is 6. The maximum absolute atomic E-state index is 5.36. The Bertz CT molecular complexity index is 3540. The van der Waals surface area contributed by atoms with Gasteiger partial charge in [-0.05, 0) is 91.5 Å². The summed E-state index contributed by atoms with van der Waals surface area (Å²) in [5.41, 5.74) is 10.4. The SMILES string of the molecule is c1ccc(-c2nc(-c3ccc4ccccc4c3)nc(-c3cc(-c4ccccc4)c(-n4c5cc6ccccc6cc5c5cc6ccccc6cc54)cc3-c3ccccc3)n2)cc1. The number of hydrogen-bond acceptors (Lipinski definition) is 3. The van der Waals surface area contributed by atoms with E-state index in [1.165, 1.54) is 37.7 Å². The van der Waals surface area contributed by atoms with E-state index in [9.17, 15) is 0 Å². The molecular weight excluding hydrogens is 741 g/mol. The minimum Gasteiger partial charge on any atom is -0.309 e.